The van der Waals surface area contributed by atoms with Crippen molar-refractivity contribution in [3.8, 4) is 0 Å². The van der Waals surface area contributed by atoms with Gasteiger partial charge in [-0.15, -0.1) is 11.3 Å². The van der Waals surface area contributed by atoms with Crippen LogP contribution in [0.4, 0.5) is 0 Å². The monoisotopic (exact) mass is 306 g/mol. The van der Waals surface area contributed by atoms with E-state index in [1.54, 1.807) is 5.57 Å². The minimum Gasteiger partial charge on any atom is -0.141 e. The van der Waals surface area contributed by atoms with Crippen LogP contribution in [0, 0.1) is 19.8 Å². The molecule has 0 amide bonds. The zero-order chi connectivity index (χ0) is 15.7. The fraction of sp³-hybridized carbons (Fsp3) is 0.700. The van der Waals surface area contributed by atoms with Crippen LogP contribution in [0.2, 0.25) is 0 Å². The van der Waals surface area contributed by atoms with E-state index in [-0.39, 0.29) is 0 Å². The second-order valence-electron chi connectivity index (χ2n) is 6.95. The Labute approximate surface area is 136 Å². The SMILES string of the molecule is C/C(=C\c1sc(C)cc1C)CCCCCCCCC(C)C. The quantitative estimate of drug-likeness (QED) is 0.391. The highest BCUT2D eigenvalue weighted by molar-refractivity contribution is 7.13. The molecule has 0 nitrogen and oxygen atoms in total. The molecule has 0 aliphatic carbocycles. The van der Waals surface area contributed by atoms with Crippen LogP contribution in [0.3, 0.4) is 0 Å². The normalized spacial score (nSPS) is 12.4. The second kappa shape index (κ2) is 10.2. The molecular weight excluding hydrogens is 272 g/mol. The first-order valence-corrected chi connectivity index (χ1v) is 9.55. The van der Waals surface area contributed by atoms with Crippen molar-refractivity contribution in [2.75, 3.05) is 0 Å². The van der Waals surface area contributed by atoms with Crippen LogP contribution in [0.15, 0.2) is 11.6 Å². The van der Waals surface area contributed by atoms with E-state index in [0.717, 1.165) is 5.92 Å². The fourth-order valence-electron chi connectivity index (χ4n) is 2.76. The summed E-state index contributed by atoms with van der Waals surface area (Å²) in [5, 5.41) is 0. The predicted octanol–water partition coefficient (Wildman–Crippen LogP) is 7.55. The smallest absolute Gasteiger partial charge is 0.0301 e. The van der Waals surface area contributed by atoms with E-state index in [1.807, 2.05) is 11.3 Å². The molecule has 1 heteroatoms. The third-order valence-corrected chi connectivity index (χ3v) is 5.16. The van der Waals surface area contributed by atoms with Gasteiger partial charge < -0.3 is 0 Å². The molecule has 0 N–H and O–H groups in total. The number of hydrogen-bond acceptors (Lipinski definition) is 1. The van der Waals surface area contributed by atoms with Crippen molar-refractivity contribution >= 4 is 17.4 Å². The molecule has 0 saturated heterocycles. The van der Waals surface area contributed by atoms with Gasteiger partial charge in [-0.25, -0.2) is 0 Å². The van der Waals surface area contributed by atoms with Gasteiger partial charge in [-0.3, -0.25) is 0 Å². The number of aryl methyl sites for hydroxylation is 2. The average molecular weight is 307 g/mol. The van der Waals surface area contributed by atoms with Crippen LogP contribution in [-0.2, 0) is 0 Å². The van der Waals surface area contributed by atoms with E-state index in [0.29, 0.717) is 0 Å². The maximum absolute atomic E-state index is 2.40. The largest absolute Gasteiger partial charge is 0.141 e. The van der Waals surface area contributed by atoms with Crippen molar-refractivity contribution in [2.45, 2.75) is 86.0 Å². The van der Waals surface area contributed by atoms with E-state index in [9.17, 15) is 0 Å². The number of rotatable bonds is 10. The fourth-order valence-corrected chi connectivity index (χ4v) is 3.82. The Kier molecular flexibility index (Phi) is 8.99. The summed E-state index contributed by atoms with van der Waals surface area (Å²) in [5.74, 6) is 0.877. The minimum absolute atomic E-state index is 0.877. The summed E-state index contributed by atoms with van der Waals surface area (Å²) in [7, 11) is 0. The van der Waals surface area contributed by atoms with Crippen LogP contribution >= 0.6 is 11.3 Å². The summed E-state index contributed by atoms with van der Waals surface area (Å²) in [6.45, 7) is 11.4. The van der Waals surface area contributed by atoms with Crippen molar-refractivity contribution < 1.29 is 0 Å². The van der Waals surface area contributed by atoms with Crippen molar-refractivity contribution in [2.24, 2.45) is 5.92 Å². The molecule has 1 rings (SSSR count). The molecule has 0 aliphatic rings. The lowest BCUT2D eigenvalue weighted by atomic mass is 10.0. The third kappa shape index (κ3) is 8.46. The first-order chi connectivity index (χ1) is 9.99. The Morgan fingerprint density at radius 3 is 2.24 bits per heavy atom. The van der Waals surface area contributed by atoms with Gasteiger partial charge in [0.1, 0.15) is 0 Å². The molecular formula is C20H34S. The number of allylic oxidation sites excluding steroid dienone is 1. The van der Waals surface area contributed by atoms with Crippen molar-refractivity contribution in [3.63, 3.8) is 0 Å². The Bertz CT molecular complexity index is 423. The summed E-state index contributed by atoms with van der Waals surface area (Å²) >= 11 is 1.92. The van der Waals surface area contributed by atoms with Crippen LogP contribution in [0.5, 0.6) is 0 Å². The van der Waals surface area contributed by atoms with E-state index in [2.05, 4.69) is 46.8 Å². The Morgan fingerprint density at radius 1 is 1.05 bits per heavy atom. The maximum Gasteiger partial charge on any atom is 0.0301 e. The molecule has 1 aromatic rings. The first kappa shape index (κ1) is 18.5. The Morgan fingerprint density at radius 2 is 1.67 bits per heavy atom. The van der Waals surface area contributed by atoms with Crippen LogP contribution < -0.4 is 0 Å². The number of hydrogen-bond donors (Lipinski definition) is 0. The summed E-state index contributed by atoms with van der Waals surface area (Å²) in [6, 6.07) is 2.29. The molecule has 0 aromatic carbocycles. The molecule has 0 spiro atoms. The molecule has 1 aromatic heterocycles. The van der Waals surface area contributed by atoms with Gasteiger partial charge in [0, 0.05) is 9.75 Å². The third-order valence-electron chi connectivity index (χ3n) is 4.06. The molecule has 120 valence electrons. The molecule has 0 bridgehead atoms. The highest BCUT2D eigenvalue weighted by Gasteiger charge is 2.01. The van der Waals surface area contributed by atoms with E-state index >= 15 is 0 Å². The van der Waals surface area contributed by atoms with Crippen molar-refractivity contribution in [1.82, 2.24) is 0 Å². The minimum atomic E-state index is 0.877. The van der Waals surface area contributed by atoms with Gasteiger partial charge in [0.15, 0.2) is 0 Å². The Hall–Kier alpha value is -0.560. The Balaban J connectivity index is 2.11. The summed E-state index contributed by atoms with van der Waals surface area (Å²) in [4.78, 5) is 2.88. The van der Waals surface area contributed by atoms with E-state index in [4.69, 9.17) is 0 Å². The summed E-state index contributed by atoms with van der Waals surface area (Å²) < 4.78 is 0. The molecule has 0 unspecified atom stereocenters. The van der Waals surface area contributed by atoms with E-state index < -0.39 is 0 Å². The highest BCUT2D eigenvalue weighted by Crippen LogP contribution is 2.25. The lowest BCUT2D eigenvalue weighted by molar-refractivity contribution is 0.511. The number of unbranched alkanes of at least 4 members (excludes halogenated alkanes) is 5. The van der Waals surface area contributed by atoms with Crippen LogP contribution in [0.1, 0.15) is 87.5 Å². The molecule has 1 heterocycles. The van der Waals surface area contributed by atoms with Gasteiger partial charge in [-0.2, -0.15) is 0 Å². The number of thiophene rings is 1. The average Bonchev–Trinajstić information content (AvgIpc) is 2.70. The van der Waals surface area contributed by atoms with Gasteiger partial charge in [-0.1, -0.05) is 57.9 Å². The zero-order valence-corrected chi connectivity index (χ0v) is 15.6. The molecule has 0 aliphatic heterocycles. The lowest BCUT2D eigenvalue weighted by Crippen LogP contribution is -1.87. The highest BCUT2D eigenvalue weighted by atomic mass is 32.1. The predicted molar refractivity (Wildman–Crippen MR) is 99.2 cm³/mol. The van der Waals surface area contributed by atoms with Gasteiger partial charge in [0.2, 0.25) is 0 Å². The summed E-state index contributed by atoms with van der Waals surface area (Å²) in [5.41, 5.74) is 2.97. The van der Waals surface area contributed by atoms with Crippen LogP contribution in [0.25, 0.3) is 6.08 Å². The van der Waals surface area contributed by atoms with Gasteiger partial charge in [0.05, 0.1) is 0 Å². The molecule has 0 saturated carbocycles. The van der Waals surface area contributed by atoms with Crippen LogP contribution in [-0.4, -0.2) is 0 Å². The van der Waals surface area contributed by atoms with Crippen molar-refractivity contribution in [1.29, 1.82) is 0 Å². The summed E-state index contributed by atoms with van der Waals surface area (Å²) in [6.07, 6.45) is 13.5. The van der Waals surface area contributed by atoms with Crippen molar-refractivity contribution in [3.05, 3.63) is 27.0 Å². The topological polar surface area (TPSA) is 0 Å². The standard InChI is InChI=1S/C20H34S/c1-16(2)12-10-8-6-7-9-11-13-17(3)14-20-18(4)15-19(5)21-20/h14-16H,6-13H2,1-5H3/b17-14+. The molecule has 0 radical (unpaired) electrons. The van der Waals surface area contributed by atoms with E-state index in [1.165, 1.54) is 66.7 Å². The molecule has 0 atom stereocenters. The molecule has 0 fully saturated rings. The van der Waals surface area contributed by atoms with Gasteiger partial charge in [-0.05, 0) is 57.2 Å². The lowest BCUT2D eigenvalue weighted by Gasteiger charge is -2.05. The second-order valence-corrected chi connectivity index (χ2v) is 8.24. The van der Waals surface area contributed by atoms with Gasteiger partial charge >= 0.3 is 0 Å². The van der Waals surface area contributed by atoms with Gasteiger partial charge in [0.25, 0.3) is 0 Å². The molecule has 21 heavy (non-hydrogen) atoms. The first-order valence-electron chi connectivity index (χ1n) is 8.73. The zero-order valence-electron chi connectivity index (χ0n) is 14.8. The maximum atomic E-state index is 2.40.